The highest BCUT2D eigenvalue weighted by Crippen LogP contribution is 2.47. The predicted molar refractivity (Wildman–Crippen MR) is 106 cm³/mol. The number of carboxylic acid groups (broad SMARTS) is 1. The number of benzene rings is 1. The maximum absolute atomic E-state index is 11.0. The topological polar surface area (TPSA) is 50.4 Å². The third-order valence-electron chi connectivity index (χ3n) is 5.82. The van der Waals surface area contributed by atoms with Gasteiger partial charge in [-0.15, -0.1) is 0 Å². The van der Waals surface area contributed by atoms with Crippen molar-refractivity contribution in [2.75, 3.05) is 0 Å². The Kier molecular flexibility index (Phi) is 4.38. The lowest BCUT2D eigenvalue weighted by atomic mass is 9.62. The highest BCUT2D eigenvalue weighted by atomic mass is 16.4. The minimum Gasteiger partial charge on any atom is -0.475 e. The Labute approximate surface area is 155 Å². The number of aryl methyl sites for hydroxylation is 1. The number of rotatable bonds is 3. The van der Waals surface area contributed by atoms with Crippen molar-refractivity contribution in [3.8, 4) is 0 Å². The molecule has 0 spiro atoms. The molecule has 3 heteroatoms. The number of hydrogen-bond donors (Lipinski definition) is 1. The Morgan fingerprint density at radius 3 is 2.19 bits per heavy atom. The minimum absolute atomic E-state index is 0.0332. The summed E-state index contributed by atoms with van der Waals surface area (Å²) in [5.41, 5.74) is 6.76. The van der Waals surface area contributed by atoms with Crippen LogP contribution >= 0.6 is 0 Å². The van der Waals surface area contributed by atoms with Gasteiger partial charge in [-0.2, -0.15) is 0 Å². The van der Waals surface area contributed by atoms with E-state index in [0.29, 0.717) is 5.76 Å². The number of allylic oxidation sites excluding steroid dienone is 1. The molecule has 0 radical (unpaired) electrons. The van der Waals surface area contributed by atoms with Gasteiger partial charge < -0.3 is 9.52 Å². The van der Waals surface area contributed by atoms with Crippen molar-refractivity contribution in [3.05, 3.63) is 58.0 Å². The van der Waals surface area contributed by atoms with Crippen LogP contribution in [0.1, 0.15) is 86.0 Å². The summed E-state index contributed by atoms with van der Waals surface area (Å²) in [5, 5.41) is 9.02. The first-order valence-corrected chi connectivity index (χ1v) is 9.19. The van der Waals surface area contributed by atoms with E-state index in [9.17, 15) is 4.79 Å². The fourth-order valence-electron chi connectivity index (χ4n) is 3.98. The van der Waals surface area contributed by atoms with Gasteiger partial charge in [0.05, 0.1) is 0 Å². The highest BCUT2D eigenvalue weighted by molar-refractivity contribution is 5.86. The van der Waals surface area contributed by atoms with Crippen molar-refractivity contribution in [2.45, 2.75) is 65.2 Å². The van der Waals surface area contributed by atoms with Crippen molar-refractivity contribution >= 4 is 17.6 Å². The summed E-state index contributed by atoms with van der Waals surface area (Å²) >= 11 is 0. The SMILES string of the molecule is CC(=Cc1ccc(C(=O)O)o1)c1cc2c(cc1C)C(C)(C)CCC2(C)C. The average molecular weight is 352 g/mol. The lowest BCUT2D eigenvalue weighted by Gasteiger charge is -2.42. The Morgan fingerprint density at radius 2 is 1.65 bits per heavy atom. The molecule has 3 rings (SSSR count). The summed E-state index contributed by atoms with van der Waals surface area (Å²) in [6.45, 7) is 13.5. The van der Waals surface area contributed by atoms with Crippen LogP contribution in [0.4, 0.5) is 0 Å². The zero-order chi connectivity index (χ0) is 19.3. The summed E-state index contributed by atoms with van der Waals surface area (Å²) in [7, 11) is 0. The largest absolute Gasteiger partial charge is 0.475 e. The van der Waals surface area contributed by atoms with E-state index >= 15 is 0 Å². The van der Waals surface area contributed by atoms with Crippen LogP contribution in [0.15, 0.2) is 28.7 Å². The van der Waals surface area contributed by atoms with Crippen LogP contribution in [0.25, 0.3) is 11.6 Å². The zero-order valence-corrected chi connectivity index (χ0v) is 16.6. The van der Waals surface area contributed by atoms with Gasteiger partial charge in [0.25, 0.3) is 0 Å². The molecule has 1 heterocycles. The van der Waals surface area contributed by atoms with E-state index in [1.54, 1.807) is 6.07 Å². The predicted octanol–water partition coefficient (Wildman–Crippen LogP) is 6.20. The second kappa shape index (κ2) is 6.15. The van der Waals surface area contributed by atoms with E-state index < -0.39 is 5.97 Å². The molecule has 2 aromatic rings. The molecule has 26 heavy (non-hydrogen) atoms. The Balaban J connectivity index is 2.08. The molecular weight excluding hydrogens is 324 g/mol. The monoisotopic (exact) mass is 352 g/mol. The van der Waals surface area contributed by atoms with E-state index in [4.69, 9.17) is 9.52 Å². The molecule has 138 valence electrons. The van der Waals surface area contributed by atoms with Gasteiger partial charge in [0.15, 0.2) is 0 Å². The molecule has 1 aromatic carbocycles. The van der Waals surface area contributed by atoms with Crippen molar-refractivity contribution in [2.24, 2.45) is 0 Å². The fourth-order valence-corrected chi connectivity index (χ4v) is 3.98. The first-order chi connectivity index (χ1) is 12.0. The van der Waals surface area contributed by atoms with Crippen molar-refractivity contribution < 1.29 is 14.3 Å². The summed E-state index contributed by atoms with van der Waals surface area (Å²) in [5.74, 6) is -0.512. The fraction of sp³-hybridized carbons (Fsp3) is 0.435. The number of hydrogen-bond acceptors (Lipinski definition) is 2. The Morgan fingerprint density at radius 1 is 1.08 bits per heavy atom. The zero-order valence-electron chi connectivity index (χ0n) is 16.6. The van der Waals surface area contributed by atoms with Gasteiger partial charge in [-0.3, -0.25) is 0 Å². The van der Waals surface area contributed by atoms with Crippen LogP contribution in [-0.4, -0.2) is 11.1 Å². The summed E-state index contributed by atoms with van der Waals surface area (Å²) in [4.78, 5) is 11.0. The van der Waals surface area contributed by atoms with Crippen LogP contribution < -0.4 is 0 Å². The van der Waals surface area contributed by atoms with E-state index in [0.717, 1.165) is 5.57 Å². The van der Waals surface area contributed by atoms with E-state index in [1.807, 2.05) is 6.08 Å². The van der Waals surface area contributed by atoms with Gasteiger partial charge in [0.2, 0.25) is 5.76 Å². The quantitative estimate of drug-likeness (QED) is 0.716. The number of carbonyl (C=O) groups is 1. The molecule has 1 N–H and O–H groups in total. The lowest BCUT2D eigenvalue weighted by Crippen LogP contribution is -2.34. The number of fused-ring (bicyclic) bond motifs is 1. The number of aromatic carboxylic acids is 1. The highest BCUT2D eigenvalue weighted by Gasteiger charge is 2.37. The van der Waals surface area contributed by atoms with Crippen molar-refractivity contribution in [1.82, 2.24) is 0 Å². The maximum atomic E-state index is 11.0. The Hall–Kier alpha value is -2.29. The van der Waals surface area contributed by atoms with Crippen LogP contribution in [0, 0.1) is 6.92 Å². The average Bonchev–Trinajstić information content (AvgIpc) is 3.00. The summed E-state index contributed by atoms with van der Waals surface area (Å²) in [6, 6.07) is 7.87. The van der Waals surface area contributed by atoms with Crippen LogP contribution in [0.5, 0.6) is 0 Å². The molecule has 0 unspecified atom stereocenters. The van der Waals surface area contributed by atoms with Crippen LogP contribution in [0.3, 0.4) is 0 Å². The van der Waals surface area contributed by atoms with Gasteiger partial charge in [0, 0.05) is 0 Å². The second-order valence-electron chi connectivity index (χ2n) is 8.81. The molecule has 1 aliphatic carbocycles. The van der Waals surface area contributed by atoms with Gasteiger partial charge >= 0.3 is 5.97 Å². The number of carboxylic acids is 1. The smallest absolute Gasteiger partial charge is 0.371 e. The minimum atomic E-state index is -1.05. The molecule has 0 fully saturated rings. The van der Waals surface area contributed by atoms with Gasteiger partial charge in [-0.05, 0) is 83.6 Å². The van der Waals surface area contributed by atoms with Crippen molar-refractivity contribution in [3.63, 3.8) is 0 Å². The van der Waals surface area contributed by atoms with Gasteiger partial charge in [-0.1, -0.05) is 39.8 Å². The molecule has 0 bridgehead atoms. The molecule has 3 nitrogen and oxygen atoms in total. The van der Waals surface area contributed by atoms with E-state index in [-0.39, 0.29) is 16.6 Å². The van der Waals surface area contributed by atoms with Gasteiger partial charge in [-0.25, -0.2) is 4.79 Å². The summed E-state index contributed by atoms with van der Waals surface area (Å²) < 4.78 is 5.39. The van der Waals surface area contributed by atoms with Crippen molar-refractivity contribution in [1.29, 1.82) is 0 Å². The molecule has 0 saturated carbocycles. The third kappa shape index (κ3) is 3.23. The molecule has 1 aliphatic rings. The maximum Gasteiger partial charge on any atom is 0.371 e. The standard InChI is InChI=1S/C23H28O3/c1-14(11-16-7-8-20(26-16)21(24)25)17-13-19-18(12-15(17)2)22(3,4)9-10-23(19,5)6/h7-8,11-13H,9-10H2,1-6H3,(H,24,25). The first-order valence-electron chi connectivity index (χ1n) is 9.19. The molecular formula is C23H28O3. The van der Waals surface area contributed by atoms with Crippen LogP contribution in [-0.2, 0) is 10.8 Å². The third-order valence-corrected chi connectivity index (χ3v) is 5.82. The van der Waals surface area contributed by atoms with E-state index in [1.165, 1.54) is 41.2 Å². The van der Waals surface area contributed by atoms with E-state index in [2.05, 4.69) is 53.7 Å². The summed E-state index contributed by atoms with van der Waals surface area (Å²) in [6.07, 6.45) is 4.30. The normalized spacial score (nSPS) is 18.5. The van der Waals surface area contributed by atoms with Gasteiger partial charge in [0.1, 0.15) is 5.76 Å². The molecule has 0 saturated heterocycles. The number of furan rings is 1. The van der Waals surface area contributed by atoms with Crippen LogP contribution in [0.2, 0.25) is 0 Å². The molecule has 1 aromatic heterocycles. The molecule has 0 atom stereocenters. The second-order valence-corrected chi connectivity index (χ2v) is 8.81. The lowest BCUT2D eigenvalue weighted by molar-refractivity contribution is 0.0662. The molecule has 0 aliphatic heterocycles. The first kappa shape index (κ1) is 18.5. The molecule has 0 amide bonds. The Bertz CT molecular complexity index is 894.